The Balaban J connectivity index is 0.000000270. The smallest absolute Gasteiger partial charge is 0.327 e. The quantitative estimate of drug-likeness (QED) is 0.498. The Bertz CT molecular complexity index is 406. The zero-order chi connectivity index (χ0) is 20.1. The fourth-order valence-corrected chi connectivity index (χ4v) is 4.59. The number of hydrogen-bond donors (Lipinski definition) is 4. The first-order valence-corrected chi connectivity index (χ1v) is 11.6. The number of hydrogen-bond acceptors (Lipinski definition) is 5. The fraction of sp³-hybridized carbons (Fsp3) is 0.900. The molecule has 2 aliphatic carbocycles. The third kappa shape index (κ3) is 12.3. The van der Waals surface area contributed by atoms with Gasteiger partial charge in [0, 0.05) is 30.5 Å². The molecule has 7 heteroatoms. The third-order valence-electron chi connectivity index (χ3n) is 5.00. The van der Waals surface area contributed by atoms with Crippen LogP contribution >= 0.6 is 11.8 Å². The summed E-state index contributed by atoms with van der Waals surface area (Å²) >= 11 is 1.29. The van der Waals surface area contributed by atoms with E-state index in [1.54, 1.807) is 6.92 Å². The van der Waals surface area contributed by atoms with Crippen LogP contribution < -0.4 is 10.6 Å². The standard InChI is InChI=1S/C12H23N.C8H15NO4S/c1-3-7-11(8-4-1)13-12-9-5-2-6-10-12;1-5(10)3-14-4-7(8(12)13)9-6(2)11/h11-13H,1-10H2;5,7,10H,3-4H2,1-2H3,(H,9,11)(H,12,13)/t;5?,7-/m.1/s1. The normalized spacial score (nSPS) is 20.9. The van der Waals surface area contributed by atoms with Crippen LogP contribution in [0.2, 0.25) is 0 Å². The third-order valence-corrected chi connectivity index (χ3v) is 6.29. The largest absolute Gasteiger partial charge is 0.480 e. The summed E-state index contributed by atoms with van der Waals surface area (Å²) in [5.74, 6) is -0.697. The molecule has 1 unspecified atom stereocenters. The molecule has 2 rings (SSSR count). The average molecular weight is 403 g/mol. The summed E-state index contributed by atoms with van der Waals surface area (Å²) in [5, 5.41) is 23.8. The number of carbonyl (C=O) groups excluding carboxylic acids is 1. The lowest BCUT2D eigenvalue weighted by Crippen LogP contribution is -2.41. The summed E-state index contributed by atoms with van der Waals surface area (Å²) in [6, 6.07) is 0.866. The van der Waals surface area contributed by atoms with Gasteiger partial charge in [-0.05, 0) is 32.6 Å². The molecule has 2 fully saturated rings. The van der Waals surface area contributed by atoms with Gasteiger partial charge in [-0.3, -0.25) is 4.79 Å². The van der Waals surface area contributed by atoms with Crippen molar-refractivity contribution in [2.45, 2.75) is 102 Å². The SMILES string of the molecule is C1CCC(NC2CCCCC2)CC1.CC(=O)N[C@H](CSCC(C)O)C(=O)O. The Labute approximate surface area is 168 Å². The van der Waals surface area contributed by atoms with Gasteiger partial charge in [-0.25, -0.2) is 4.79 Å². The number of thioether (sulfide) groups is 1. The van der Waals surface area contributed by atoms with Gasteiger partial charge in [0.15, 0.2) is 0 Å². The van der Waals surface area contributed by atoms with Crippen LogP contribution in [0.3, 0.4) is 0 Å². The lowest BCUT2D eigenvalue weighted by Gasteiger charge is -2.30. The molecule has 2 saturated carbocycles. The molecule has 0 radical (unpaired) electrons. The Morgan fingerprint density at radius 1 is 0.963 bits per heavy atom. The van der Waals surface area contributed by atoms with Crippen LogP contribution in [0.5, 0.6) is 0 Å². The molecule has 2 aliphatic rings. The van der Waals surface area contributed by atoms with Gasteiger partial charge in [0.25, 0.3) is 0 Å². The number of nitrogens with one attached hydrogen (secondary N) is 2. The van der Waals surface area contributed by atoms with Gasteiger partial charge in [-0.15, -0.1) is 0 Å². The Morgan fingerprint density at radius 2 is 1.44 bits per heavy atom. The highest BCUT2D eigenvalue weighted by Gasteiger charge is 2.19. The van der Waals surface area contributed by atoms with Gasteiger partial charge in [0.05, 0.1) is 6.10 Å². The first-order chi connectivity index (χ1) is 12.9. The molecule has 0 spiro atoms. The Morgan fingerprint density at radius 3 is 1.81 bits per heavy atom. The van der Waals surface area contributed by atoms with E-state index in [2.05, 4.69) is 10.6 Å². The molecular formula is C20H38N2O4S. The van der Waals surface area contributed by atoms with E-state index in [9.17, 15) is 9.59 Å². The first-order valence-electron chi connectivity index (χ1n) is 10.4. The van der Waals surface area contributed by atoms with Crippen molar-refractivity contribution in [3.63, 3.8) is 0 Å². The minimum absolute atomic E-state index is 0.264. The van der Waals surface area contributed by atoms with Crippen molar-refractivity contribution < 1.29 is 19.8 Å². The van der Waals surface area contributed by atoms with Crippen LogP contribution in [0.25, 0.3) is 0 Å². The molecule has 6 nitrogen and oxygen atoms in total. The summed E-state index contributed by atoms with van der Waals surface area (Å²) in [4.78, 5) is 21.2. The molecule has 0 aromatic rings. The Hall–Kier alpha value is -0.790. The summed E-state index contributed by atoms with van der Waals surface area (Å²) in [5.41, 5.74) is 0. The second-order valence-electron chi connectivity index (χ2n) is 7.81. The predicted octanol–water partition coefficient (Wildman–Crippen LogP) is 2.93. The molecule has 0 aromatic heterocycles. The van der Waals surface area contributed by atoms with E-state index < -0.39 is 18.1 Å². The predicted molar refractivity (Wildman–Crippen MR) is 111 cm³/mol. The maximum atomic E-state index is 10.6. The van der Waals surface area contributed by atoms with Crippen molar-refractivity contribution in [1.82, 2.24) is 10.6 Å². The number of carbonyl (C=O) groups is 2. The zero-order valence-corrected chi connectivity index (χ0v) is 17.7. The van der Waals surface area contributed by atoms with Gasteiger partial charge in [0.2, 0.25) is 5.91 Å². The maximum absolute atomic E-state index is 10.6. The number of carboxylic acid groups (broad SMARTS) is 1. The fourth-order valence-electron chi connectivity index (χ4n) is 3.65. The molecule has 0 heterocycles. The van der Waals surface area contributed by atoms with Gasteiger partial charge < -0.3 is 20.8 Å². The van der Waals surface area contributed by atoms with Crippen molar-refractivity contribution in [2.24, 2.45) is 0 Å². The van der Waals surface area contributed by atoms with Crippen molar-refractivity contribution in [2.75, 3.05) is 11.5 Å². The van der Waals surface area contributed by atoms with Gasteiger partial charge in [-0.2, -0.15) is 11.8 Å². The molecule has 0 saturated heterocycles. The summed E-state index contributed by atoms with van der Waals surface area (Å²) in [6.07, 6.45) is 14.1. The highest BCUT2D eigenvalue weighted by atomic mass is 32.2. The maximum Gasteiger partial charge on any atom is 0.327 e. The highest BCUT2D eigenvalue weighted by molar-refractivity contribution is 7.99. The molecule has 4 N–H and O–H groups in total. The molecular weight excluding hydrogens is 364 g/mol. The van der Waals surface area contributed by atoms with Crippen molar-refractivity contribution >= 4 is 23.6 Å². The molecule has 0 aromatic carbocycles. The first kappa shape index (κ1) is 24.2. The lowest BCUT2D eigenvalue weighted by atomic mass is 9.91. The molecule has 27 heavy (non-hydrogen) atoms. The van der Waals surface area contributed by atoms with Crippen LogP contribution in [-0.4, -0.2) is 57.8 Å². The van der Waals surface area contributed by atoms with E-state index >= 15 is 0 Å². The van der Waals surface area contributed by atoms with Crippen LogP contribution in [0.1, 0.15) is 78.1 Å². The summed E-state index contributed by atoms with van der Waals surface area (Å²) < 4.78 is 0. The van der Waals surface area contributed by atoms with E-state index in [-0.39, 0.29) is 11.7 Å². The Kier molecular flexibility index (Phi) is 12.8. The van der Waals surface area contributed by atoms with Crippen molar-refractivity contribution in [1.29, 1.82) is 0 Å². The van der Waals surface area contributed by atoms with Crippen LogP contribution in [0, 0.1) is 0 Å². The second kappa shape index (κ2) is 14.2. The lowest BCUT2D eigenvalue weighted by molar-refractivity contribution is -0.140. The average Bonchev–Trinajstić information content (AvgIpc) is 2.62. The number of amides is 1. The highest BCUT2D eigenvalue weighted by Crippen LogP contribution is 2.22. The van der Waals surface area contributed by atoms with Gasteiger partial charge in [-0.1, -0.05) is 38.5 Å². The topological polar surface area (TPSA) is 98.7 Å². The number of rotatable bonds is 8. The summed E-state index contributed by atoms with van der Waals surface area (Å²) in [7, 11) is 0. The number of aliphatic hydroxyl groups excluding tert-OH is 1. The molecule has 0 aliphatic heterocycles. The zero-order valence-electron chi connectivity index (χ0n) is 16.9. The monoisotopic (exact) mass is 402 g/mol. The van der Waals surface area contributed by atoms with E-state index in [0.29, 0.717) is 5.75 Å². The minimum atomic E-state index is -1.06. The number of aliphatic hydroxyl groups is 1. The molecule has 158 valence electrons. The van der Waals surface area contributed by atoms with Crippen molar-refractivity contribution in [3.05, 3.63) is 0 Å². The van der Waals surface area contributed by atoms with Crippen LogP contribution in [0.4, 0.5) is 0 Å². The molecule has 0 bridgehead atoms. The summed E-state index contributed by atoms with van der Waals surface area (Å²) in [6.45, 7) is 2.90. The van der Waals surface area contributed by atoms with E-state index in [1.165, 1.54) is 82.9 Å². The second-order valence-corrected chi connectivity index (χ2v) is 8.89. The van der Waals surface area contributed by atoms with E-state index in [4.69, 9.17) is 10.2 Å². The van der Waals surface area contributed by atoms with Crippen LogP contribution in [0.15, 0.2) is 0 Å². The molecule has 1 amide bonds. The van der Waals surface area contributed by atoms with Gasteiger partial charge in [0.1, 0.15) is 6.04 Å². The van der Waals surface area contributed by atoms with E-state index in [1.807, 2.05) is 0 Å². The van der Waals surface area contributed by atoms with E-state index in [0.717, 1.165) is 12.1 Å². The van der Waals surface area contributed by atoms with Crippen LogP contribution in [-0.2, 0) is 9.59 Å². The minimum Gasteiger partial charge on any atom is -0.480 e. The molecule has 2 atom stereocenters. The number of aliphatic carboxylic acids is 1. The van der Waals surface area contributed by atoms with Gasteiger partial charge >= 0.3 is 5.97 Å². The number of carboxylic acids is 1. The van der Waals surface area contributed by atoms with Crippen molar-refractivity contribution in [3.8, 4) is 0 Å².